The van der Waals surface area contributed by atoms with E-state index in [0.29, 0.717) is 12.6 Å². The molecule has 0 aliphatic rings. The Morgan fingerprint density at radius 1 is 1.07 bits per heavy atom. The predicted molar refractivity (Wildman–Crippen MR) is 109 cm³/mol. The van der Waals surface area contributed by atoms with Crippen molar-refractivity contribution < 1.29 is 26.4 Å². The fraction of sp³-hybridized carbons (Fsp3) is 0.150. The Morgan fingerprint density at radius 3 is 2.37 bits per heavy atom. The highest BCUT2D eigenvalue weighted by Crippen LogP contribution is 2.31. The average molecular weight is 454 g/mol. The van der Waals surface area contributed by atoms with Crippen LogP contribution in [0, 0.1) is 6.92 Å². The van der Waals surface area contributed by atoms with Gasteiger partial charge in [-0.3, -0.25) is 9.52 Å². The molecule has 30 heavy (non-hydrogen) atoms. The van der Waals surface area contributed by atoms with Crippen LogP contribution in [0.3, 0.4) is 0 Å². The lowest BCUT2D eigenvalue weighted by molar-refractivity contribution is -0.137. The molecular weight excluding hydrogens is 437 g/mol. The molecule has 0 unspecified atom stereocenters. The third-order valence-electron chi connectivity index (χ3n) is 4.25. The Kier molecular flexibility index (Phi) is 6.18. The molecule has 1 amide bonds. The van der Waals surface area contributed by atoms with Gasteiger partial charge in [0.25, 0.3) is 15.9 Å². The number of hydrogen-bond donors (Lipinski definition) is 2. The van der Waals surface area contributed by atoms with E-state index in [0.717, 1.165) is 22.6 Å². The van der Waals surface area contributed by atoms with Crippen LogP contribution in [-0.2, 0) is 22.7 Å². The second-order valence-corrected chi connectivity index (χ2v) is 9.10. The summed E-state index contributed by atoms with van der Waals surface area (Å²) in [6, 6.07) is 11.0. The molecule has 0 saturated heterocycles. The molecule has 2 aromatic carbocycles. The van der Waals surface area contributed by atoms with Crippen molar-refractivity contribution in [1.29, 1.82) is 0 Å². The molecule has 0 fully saturated rings. The molecule has 0 aliphatic heterocycles. The quantitative estimate of drug-likeness (QED) is 0.562. The fourth-order valence-electron chi connectivity index (χ4n) is 2.61. The summed E-state index contributed by atoms with van der Waals surface area (Å²) in [7, 11) is -4.12. The molecule has 0 saturated carbocycles. The molecule has 3 rings (SSSR count). The molecule has 0 radical (unpaired) electrons. The summed E-state index contributed by atoms with van der Waals surface area (Å²) in [5, 5.41) is 4.68. The van der Waals surface area contributed by atoms with Crippen LogP contribution in [0.4, 0.5) is 18.9 Å². The molecule has 158 valence electrons. The van der Waals surface area contributed by atoms with E-state index in [-0.39, 0.29) is 22.1 Å². The van der Waals surface area contributed by atoms with Crippen LogP contribution in [0.25, 0.3) is 0 Å². The van der Waals surface area contributed by atoms with Crippen molar-refractivity contribution in [3.8, 4) is 0 Å². The molecule has 0 bridgehead atoms. The number of benzene rings is 2. The van der Waals surface area contributed by atoms with E-state index in [2.05, 4.69) is 10.0 Å². The molecular formula is C20H17F3N2O3S2. The molecule has 5 nitrogen and oxygen atoms in total. The Labute approximate surface area is 175 Å². The minimum atomic E-state index is -4.59. The van der Waals surface area contributed by atoms with Gasteiger partial charge in [-0.15, -0.1) is 11.3 Å². The van der Waals surface area contributed by atoms with Gasteiger partial charge < -0.3 is 5.32 Å². The van der Waals surface area contributed by atoms with Crippen LogP contribution < -0.4 is 10.0 Å². The highest BCUT2D eigenvalue weighted by Gasteiger charge is 2.30. The van der Waals surface area contributed by atoms with Crippen molar-refractivity contribution in [2.24, 2.45) is 0 Å². The monoisotopic (exact) mass is 454 g/mol. The van der Waals surface area contributed by atoms with E-state index < -0.39 is 21.8 Å². The lowest BCUT2D eigenvalue weighted by atomic mass is 10.2. The molecule has 10 heteroatoms. The molecule has 0 spiro atoms. The van der Waals surface area contributed by atoms with Gasteiger partial charge in [-0.1, -0.05) is 6.07 Å². The number of nitrogens with one attached hydrogen (secondary N) is 2. The van der Waals surface area contributed by atoms with E-state index in [1.54, 1.807) is 0 Å². The summed E-state index contributed by atoms with van der Waals surface area (Å²) in [5.74, 6) is -0.363. The second-order valence-electron chi connectivity index (χ2n) is 6.42. The topological polar surface area (TPSA) is 75.3 Å². The number of alkyl halides is 3. The van der Waals surface area contributed by atoms with Crippen LogP contribution in [-0.4, -0.2) is 14.3 Å². The molecule has 0 atom stereocenters. The summed E-state index contributed by atoms with van der Waals surface area (Å²) >= 11 is 1.52. The summed E-state index contributed by atoms with van der Waals surface area (Å²) in [5.41, 5.74) is 0.165. The van der Waals surface area contributed by atoms with Crippen molar-refractivity contribution >= 4 is 33.0 Å². The molecule has 3 aromatic rings. The number of carbonyl (C=O) groups excluding carboxylic acids is 1. The normalized spacial score (nSPS) is 11.9. The predicted octanol–water partition coefficient (Wildman–Crippen LogP) is 4.81. The number of rotatable bonds is 6. The second kappa shape index (κ2) is 8.49. The van der Waals surface area contributed by atoms with E-state index >= 15 is 0 Å². The van der Waals surface area contributed by atoms with Crippen LogP contribution in [0.15, 0.2) is 64.9 Å². The number of hydrogen-bond acceptors (Lipinski definition) is 4. The Morgan fingerprint density at radius 2 is 1.77 bits per heavy atom. The summed E-state index contributed by atoms with van der Waals surface area (Å²) in [6.07, 6.45) is -4.59. The van der Waals surface area contributed by atoms with E-state index in [4.69, 9.17) is 0 Å². The maximum absolute atomic E-state index is 12.8. The lowest BCUT2D eigenvalue weighted by Gasteiger charge is -2.11. The van der Waals surface area contributed by atoms with Crippen molar-refractivity contribution in [2.75, 3.05) is 4.72 Å². The number of sulfonamides is 1. The summed E-state index contributed by atoms with van der Waals surface area (Å²) in [4.78, 5) is 13.1. The van der Waals surface area contributed by atoms with Crippen LogP contribution in [0.1, 0.15) is 26.4 Å². The highest BCUT2D eigenvalue weighted by atomic mass is 32.2. The fourth-order valence-corrected chi connectivity index (χ4v) is 4.50. The first-order valence-electron chi connectivity index (χ1n) is 8.67. The molecule has 1 heterocycles. The van der Waals surface area contributed by atoms with Gasteiger partial charge in [-0.05, 0) is 66.4 Å². The Balaban J connectivity index is 1.70. The summed E-state index contributed by atoms with van der Waals surface area (Å²) in [6.45, 7) is 2.30. The van der Waals surface area contributed by atoms with Gasteiger partial charge in [0, 0.05) is 16.1 Å². The van der Waals surface area contributed by atoms with E-state index in [1.807, 2.05) is 18.4 Å². The average Bonchev–Trinajstić information content (AvgIpc) is 3.10. The van der Waals surface area contributed by atoms with Crippen LogP contribution in [0.2, 0.25) is 0 Å². The number of halogens is 3. The molecule has 1 aromatic heterocycles. The first-order valence-corrected chi connectivity index (χ1v) is 11.0. The number of carbonyl (C=O) groups is 1. The minimum Gasteiger partial charge on any atom is -0.347 e. The first kappa shape index (κ1) is 21.8. The number of amides is 1. The summed E-state index contributed by atoms with van der Waals surface area (Å²) < 4.78 is 65.5. The van der Waals surface area contributed by atoms with Gasteiger partial charge in [0.1, 0.15) is 0 Å². The van der Waals surface area contributed by atoms with Crippen LogP contribution in [0.5, 0.6) is 0 Å². The molecule has 0 aliphatic carbocycles. The third kappa shape index (κ3) is 5.19. The maximum Gasteiger partial charge on any atom is 0.416 e. The standard InChI is InChI=1S/C20H17F3N2O3S2/c1-13-9-10-29-18(13)12-24-19(26)14-5-7-17(8-6-14)30(27,28)25-16-4-2-3-15(11-16)20(21,22)23/h2-11,25H,12H2,1H3,(H,24,26). The molecule has 2 N–H and O–H groups in total. The van der Waals surface area contributed by atoms with Crippen molar-refractivity contribution in [3.63, 3.8) is 0 Å². The van der Waals surface area contributed by atoms with Gasteiger partial charge in [0.05, 0.1) is 17.0 Å². The Bertz CT molecular complexity index is 1150. The largest absolute Gasteiger partial charge is 0.416 e. The van der Waals surface area contributed by atoms with Gasteiger partial charge in [0.2, 0.25) is 0 Å². The zero-order valence-corrected chi connectivity index (χ0v) is 17.3. The van der Waals surface area contributed by atoms with E-state index in [1.165, 1.54) is 41.7 Å². The van der Waals surface area contributed by atoms with Gasteiger partial charge in [0.15, 0.2) is 0 Å². The van der Waals surface area contributed by atoms with Crippen molar-refractivity contribution in [2.45, 2.75) is 24.5 Å². The zero-order chi connectivity index (χ0) is 21.9. The van der Waals surface area contributed by atoms with Gasteiger partial charge >= 0.3 is 6.18 Å². The van der Waals surface area contributed by atoms with E-state index in [9.17, 15) is 26.4 Å². The SMILES string of the molecule is Cc1ccsc1CNC(=O)c1ccc(S(=O)(=O)Nc2cccc(C(F)(F)F)c2)cc1. The number of aryl methyl sites for hydroxylation is 1. The van der Waals surface area contributed by atoms with Crippen LogP contribution >= 0.6 is 11.3 Å². The maximum atomic E-state index is 12.8. The first-order chi connectivity index (χ1) is 14.1. The van der Waals surface area contributed by atoms with Gasteiger partial charge in [-0.25, -0.2) is 8.42 Å². The third-order valence-corrected chi connectivity index (χ3v) is 6.67. The Hall–Kier alpha value is -2.85. The van der Waals surface area contributed by atoms with Crippen molar-refractivity contribution in [3.05, 3.63) is 81.5 Å². The van der Waals surface area contributed by atoms with Crippen molar-refractivity contribution in [1.82, 2.24) is 5.32 Å². The lowest BCUT2D eigenvalue weighted by Crippen LogP contribution is -2.22. The zero-order valence-electron chi connectivity index (χ0n) is 15.7. The van der Waals surface area contributed by atoms with Gasteiger partial charge in [-0.2, -0.15) is 13.2 Å². The highest BCUT2D eigenvalue weighted by molar-refractivity contribution is 7.92. The smallest absolute Gasteiger partial charge is 0.347 e. The number of thiophene rings is 1. The number of anilines is 1. The minimum absolute atomic E-state index is 0.175.